The number of nitrogens with one attached hydrogen (secondary N) is 1. The molecule has 0 heterocycles. The summed E-state index contributed by atoms with van der Waals surface area (Å²) in [7, 11) is 1.67. The van der Waals surface area contributed by atoms with E-state index in [1.807, 2.05) is 30.3 Å². The van der Waals surface area contributed by atoms with Crippen LogP contribution in [-0.2, 0) is 4.79 Å². The van der Waals surface area contributed by atoms with Gasteiger partial charge in [0.15, 0.2) is 0 Å². The standard InChI is InChI=1S/C15H15FN2O/c1-18(14-9-7-12(16)8-10-14)15(19)11-17-13-5-3-2-4-6-13/h2-10,17H,11H2,1H3. The molecule has 0 bridgehead atoms. The van der Waals surface area contributed by atoms with Gasteiger partial charge in [-0.25, -0.2) is 4.39 Å². The maximum atomic E-state index is 12.8. The molecule has 0 atom stereocenters. The second kappa shape index (κ2) is 6.00. The highest BCUT2D eigenvalue weighted by molar-refractivity contribution is 5.95. The SMILES string of the molecule is CN(C(=O)CNc1ccccc1)c1ccc(F)cc1. The lowest BCUT2D eigenvalue weighted by atomic mass is 10.3. The summed E-state index contributed by atoms with van der Waals surface area (Å²) in [6.45, 7) is 0.192. The van der Waals surface area contributed by atoms with Crippen molar-refractivity contribution in [2.75, 3.05) is 23.8 Å². The van der Waals surface area contributed by atoms with Crippen molar-refractivity contribution in [3.63, 3.8) is 0 Å². The van der Waals surface area contributed by atoms with E-state index in [0.29, 0.717) is 5.69 Å². The van der Waals surface area contributed by atoms with Crippen molar-refractivity contribution in [1.82, 2.24) is 0 Å². The molecule has 0 aromatic heterocycles. The van der Waals surface area contributed by atoms with Crippen LogP contribution < -0.4 is 10.2 Å². The predicted octanol–water partition coefficient (Wildman–Crippen LogP) is 2.90. The zero-order chi connectivity index (χ0) is 13.7. The van der Waals surface area contributed by atoms with E-state index in [2.05, 4.69) is 5.32 Å². The fourth-order valence-electron chi connectivity index (χ4n) is 1.66. The predicted molar refractivity (Wildman–Crippen MR) is 74.7 cm³/mol. The van der Waals surface area contributed by atoms with Gasteiger partial charge in [-0.1, -0.05) is 18.2 Å². The fourth-order valence-corrected chi connectivity index (χ4v) is 1.66. The maximum absolute atomic E-state index is 12.8. The first-order valence-corrected chi connectivity index (χ1v) is 5.98. The van der Waals surface area contributed by atoms with Crippen LogP contribution in [0.3, 0.4) is 0 Å². The van der Waals surface area contributed by atoms with Crippen molar-refractivity contribution in [3.05, 3.63) is 60.4 Å². The molecule has 0 spiro atoms. The van der Waals surface area contributed by atoms with Gasteiger partial charge in [-0.3, -0.25) is 4.79 Å². The lowest BCUT2D eigenvalue weighted by Gasteiger charge is -2.18. The number of amides is 1. The molecular weight excluding hydrogens is 243 g/mol. The van der Waals surface area contributed by atoms with Gasteiger partial charge in [-0.05, 0) is 36.4 Å². The van der Waals surface area contributed by atoms with Crippen LogP contribution in [0.1, 0.15) is 0 Å². The van der Waals surface area contributed by atoms with Crippen molar-refractivity contribution in [2.24, 2.45) is 0 Å². The minimum absolute atomic E-state index is 0.0875. The third-order valence-corrected chi connectivity index (χ3v) is 2.81. The Hall–Kier alpha value is -2.36. The van der Waals surface area contributed by atoms with Crippen LogP contribution in [0.25, 0.3) is 0 Å². The number of hydrogen-bond donors (Lipinski definition) is 1. The molecule has 0 unspecified atom stereocenters. The molecule has 0 aliphatic carbocycles. The van der Waals surface area contributed by atoms with Crippen molar-refractivity contribution < 1.29 is 9.18 Å². The minimum Gasteiger partial charge on any atom is -0.376 e. The molecular formula is C15H15FN2O. The highest BCUT2D eigenvalue weighted by Crippen LogP contribution is 2.13. The van der Waals surface area contributed by atoms with Crippen LogP contribution in [-0.4, -0.2) is 19.5 Å². The average Bonchev–Trinajstić information content (AvgIpc) is 2.46. The number of carbonyl (C=O) groups excluding carboxylic acids is 1. The van der Waals surface area contributed by atoms with Crippen LogP contribution >= 0.6 is 0 Å². The summed E-state index contributed by atoms with van der Waals surface area (Å²) < 4.78 is 12.8. The number of rotatable bonds is 4. The average molecular weight is 258 g/mol. The molecule has 1 N–H and O–H groups in total. The first kappa shape index (κ1) is 13.1. The fraction of sp³-hybridized carbons (Fsp3) is 0.133. The minimum atomic E-state index is -0.313. The van der Waals surface area contributed by atoms with Gasteiger partial charge in [-0.2, -0.15) is 0 Å². The second-order valence-corrected chi connectivity index (χ2v) is 4.15. The zero-order valence-electron chi connectivity index (χ0n) is 10.6. The number of halogens is 1. The van der Waals surface area contributed by atoms with E-state index >= 15 is 0 Å². The third-order valence-electron chi connectivity index (χ3n) is 2.81. The van der Waals surface area contributed by atoms with Gasteiger partial charge in [0.25, 0.3) is 0 Å². The molecule has 0 radical (unpaired) electrons. The first-order chi connectivity index (χ1) is 9.16. The molecule has 0 aliphatic heterocycles. The van der Waals surface area contributed by atoms with Gasteiger partial charge in [-0.15, -0.1) is 0 Å². The molecule has 0 aliphatic rings. The number of anilines is 2. The number of hydrogen-bond acceptors (Lipinski definition) is 2. The molecule has 1 amide bonds. The number of benzene rings is 2. The molecule has 0 saturated carbocycles. The second-order valence-electron chi connectivity index (χ2n) is 4.15. The van der Waals surface area contributed by atoms with E-state index in [4.69, 9.17) is 0 Å². The van der Waals surface area contributed by atoms with E-state index in [9.17, 15) is 9.18 Å². The molecule has 2 aromatic rings. The summed E-state index contributed by atoms with van der Waals surface area (Å²) in [5.74, 6) is -0.400. The first-order valence-electron chi connectivity index (χ1n) is 5.98. The van der Waals surface area contributed by atoms with Gasteiger partial charge < -0.3 is 10.2 Å². The number of likely N-dealkylation sites (N-methyl/N-ethyl adjacent to an activating group) is 1. The Morgan fingerprint density at radius 1 is 1.11 bits per heavy atom. The molecule has 19 heavy (non-hydrogen) atoms. The van der Waals surface area contributed by atoms with Crippen LogP contribution in [0, 0.1) is 5.82 Å². The Bertz CT molecular complexity index is 540. The summed E-state index contributed by atoms with van der Waals surface area (Å²) >= 11 is 0. The lowest BCUT2D eigenvalue weighted by molar-refractivity contribution is -0.116. The summed E-state index contributed by atoms with van der Waals surface area (Å²) in [6, 6.07) is 15.3. The van der Waals surface area contributed by atoms with Crippen LogP contribution in [0.15, 0.2) is 54.6 Å². The summed E-state index contributed by atoms with van der Waals surface area (Å²) in [5, 5.41) is 3.04. The van der Waals surface area contributed by atoms with E-state index in [1.165, 1.54) is 17.0 Å². The van der Waals surface area contributed by atoms with E-state index < -0.39 is 0 Å². The van der Waals surface area contributed by atoms with Crippen LogP contribution in [0.5, 0.6) is 0 Å². The molecule has 4 heteroatoms. The highest BCUT2D eigenvalue weighted by atomic mass is 19.1. The summed E-state index contributed by atoms with van der Waals surface area (Å²) in [4.78, 5) is 13.5. The number of nitrogens with zero attached hydrogens (tertiary/aromatic N) is 1. The van der Waals surface area contributed by atoms with Gasteiger partial charge >= 0.3 is 0 Å². The van der Waals surface area contributed by atoms with Crippen molar-refractivity contribution in [3.8, 4) is 0 Å². The van der Waals surface area contributed by atoms with E-state index in [0.717, 1.165) is 5.69 Å². The van der Waals surface area contributed by atoms with Gasteiger partial charge in [0.1, 0.15) is 5.82 Å². The number of para-hydroxylation sites is 1. The Kier molecular flexibility index (Phi) is 4.13. The molecule has 0 fully saturated rings. The van der Waals surface area contributed by atoms with Gasteiger partial charge in [0, 0.05) is 18.4 Å². The topological polar surface area (TPSA) is 32.3 Å². The highest BCUT2D eigenvalue weighted by Gasteiger charge is 2.10. The Balaban J connectivity index is 1.94. The van der Waals surface area contributed by atoms with Crippen molar-refractivity contribution in [1.29, 1.82) is 0 Å². The smallest absolute Gasteiger partial charge is 0.246 e. The lowest BCUT2D eigenvalue weighted by Crippen LogP contribution is -2.32. The Morgan fingerprint density at radius 3 is 2.37 bits per heavy atom. The van der Waals surface area contributed by atoms with Gasteiger partial charge in [0.05, 0.1) is 6.54 Å². The van der Waals surface area contributed by atoms with Gasteiger partial charge in [0.2, 0.25) is 5.91 Å². The van der Waals surface area contributed by atoms with Crippen molar-refractivity contribution >= 4 is 17.3 Å². The molecule has 0 saturated heterocycles. The summed E-state index contributed by atoms with van der Waals surface area (Å²) in [5.41, 5.74) is 1.56. The van der Waals surface area contributed by atoms with E-state index in [1.54, 1.807) is 19.2 Å². The van der Waals surface area contributed by atoms with Crippen molar-refractivity contribution in [2.45, 2.75) is 0 Å². The quantitative estimate of drug-likeness (QED) is 0.914. The van der Waals surface area contributed by atoms with Crippen LogP contribution in [0.2, 0.25) is 0 Å². The number of carbonyl (C=O) groups is 1. The molecule has 2 rings (SSSR count). The Morgan fingerprint density at radius 2 is 1.74 bits per heavy atom. The normalized spacial score (nSPS) is 10.0. The summed E-state index contributed by atoms with van der Waals surface area (Å²) in [6.07, 6.45) is 0. The van der Waals surface area contributed by atoms with E-state index in [-0.39, 0.29) is 18.3 Å². The Labute approximate surface area is 111 Å². The largest absolute Gasteiger partial charge is 0.376 e. The molecule has 3 nitrogen and oxygen atoms in total. The molecule has 98 valence electrons. The third kappa shape index (κ3) is 3.55. The maximum Gasteiger partial charge on any atom is 0.246 e. The monoisotopic (exact) mass is 258 g/mol. The zero-order valence-corrected chi connectivity index (χ0v) is 10.6. The molecule has 2 aromatic carbocycles. The van der Waals surface area contributed by atoms with Crippen LogP contribution in [0.4, 0.5) is 15.8 Å².